The molecule has 2 aromatic heterocycles. The van der Waals surface area contributed by atoms with Gasteiger partial charge in [-0.25, -0.2) is 15.0 Å². The van der Waals surface area contributed by atoms with Crippen molar-refractivity contribution < 1.29 is 14.3 Å². The van der Waals surface area contributed by atoms with Gasteiger partial charge < -0.3 is 19.2 Å². The van der Waals surface area contributed by atoms with Crippen LogP contribution in [0.1, 0.15) is 43.4 Å². The van der Waals surface area contributed by atoms with Crippen LogP contribution in [0.2, 0.25) is 0 Å². The van der Waals surface area contributed by atoms with Crippen LogP contribution in [0.15, 0.2) is 48.1 Å². The van der Waals surface area contributed by atoms with Crippen LogP contribution in [0.5, 0.6) is 17.5 Å². The fourth-order valence-electron chi connectivity index (χ4n) is 3.65. The Morgan fingerprint density at radius 1 is 1.03 bits per heavy atom. The lowest BCUT2D eigenvalue weighted by atomic mass is 10.1. The Balaban J connectivity index is 1.35. The summed E-state index contributed by atoms with van der Waals surface area (Å²) in [5.41, 5.74) is 3.52. The molecule has 3 aromatic rings. The normalized spacial score (nSPS) is 14.7. The second kappa shape index (κ2) is 10.9. The van der Waals surface area contributed by atoms with Crippen molar-refractivity contribution in [3.8, 4) is 17.5 Å². The summed E-state index contributed by atoms with van der Waals surface area (Å²) in [4.78, 5) is 25.4. The summed E-state index contributed by atoms with van der Waals surface area (Å²) in [7, 11) is 1.64. The quantitative estimate of drug-likeness (QED) is 0.366. The highest BCUT2D eigenvalue weighted by Crippen LogP contribution is 2.26. The predicted octanol–water partition coefficient (Wildman–Crippen LogP) is 4.00. The number of aromatic nitrogens is 4. The third-order valence-corrected chi connectivity index (χ3v) is 5.87. The first-order chi connectivity index (χ1) is 16.6. The molecule has 0 bridgehead atoms. The first kappa shape index (κ1) is 23.4. The van der Waals surface area contributed by atoms with E-state index in [1.54, 1.807) is 7.11 Å². The standard InChI is InChI=1S/C25H30N6O3/c1-5-19-14-26-25(27-15-19)31-12-10-22(11-13-31)33-23-17(2)24(29-16-28-23)34-30-18(3)20-6-8-21(32-4)9-7-20/h6-9,14-16,22H,5,10-13H2,1-4H3/b30-18-. The number of benzene rings is 1. The zero-order valence-electron chi connectivity index (χ0n) is 20.1. The molecule has 3 heterocycles. The van der Waals surface area contributed by atoms with Gasteiger partial charge in [0.2, 0.25) is 11.8 Å². The minimum absolute atomic E-state index is 0.0529. The molecule has 4 rings (SSSR count). The van der Waals surface area contributed by atoms with E-state index in [0.29, 0.717) is 11.8 Å². The van der Waals surface area contributed by atoms with Crippen molar-refractivity contribution in [2.24, 2.45) is 5.16 Å². The number of methoxy groups -OCH3 is 1. The molecular weight excluding hydrogens is 432 g/mol. The van der Waals surface area contributed by atoms with Crippen LogP contribution in [0, 0.1) is 6.92 Å². The average molecular weight is 463 g/mol. The van der Waals surface area contributed by atoms with Crippen LogP contribution in [0.4, 0.5) is 5.95 Å². The summed E-state index contributed by atoms with van der Waals surface area (Å²) in [5.74, 6) is 2.46. The van der Waals surface area contributed by atoms with Gasteiger partial charge in [0.25, 0.3) is 5.88 Å². The number of aryl methyl sites for hydroxylation is 1. The monoisotopic (exact) mass is 462 g/mol. The fraction of sp³-hybridized carbons (Fsp3) is 0.400. The molecule has 1 aliphatic heterocycles. The number of ether oxygens (including phenoxy) is 2. The van der Waals surface area contributed by atoms with Crippen molar-refractivity contribution in [2.75, 3.05) is 25.1 Å². The van der Waals surface area contributed by atoms with Gasteiger partial charge in [-0.2, -0.15) is 4.98 Å². The molecule has 0 unspecified atom stereocenters. The molecule has 1 aromatic carbocycles. The third-order valence-electron chi connectivity index (χ3n) is 5.87. The summed E-state index contributed by atoms with van der Waals surface area (Å²) in [6, 6.07) is 7.62. The summed E-state index contributed by atoms with van der Waals surface area (Å²) < 4.78 is 11.4. The molecule has 34 heavy (non-hydrogen) atoms. The second-order valence-corrected chi connectivity index (χ2v) is 8.15. The molecule has 0 spiro atoms. The smallest absolute Gasteiger partial charge is 0.258 e. The Kier molecular flexibility index (Phi) is 7.51. The molecular formula is C25H30N6O3. The lowest BCUT2D eigenvalue weighted by Gasteiger charge is -2.32. The molecule has 9 nitrogen and oxygen atoms in total. The number of nitrogens with zero attached hydrogens (tertiary/aromatic N) is 6. The van der Waals surface area contributed by atoms with E-state index in [9.17, 15) is 0 Å². The Bertz CT molecular complexity index is 1110. The average Bonchev–Trinajstić information content (AvgIpc) is 2.89. The van der Waals surface area contributed by atoms with Crippen molar-refractivity contribution in [1.82, 2.24) is 19.9 Å². The number of hydrogen-bond acceptors (Lipinski definition) is 9. The van der Waals surface area contributed by atoms with E-state index < -0.39 is 0 Å². The Morgan fingerprint density at radius 2 is 1.71 bits per heavy atom. The number of piperidine rings is 1. The van der Waals surface area contributed by atoms with E-state index in [4.69, 9.17) is 14.3 Å². The molecule has 0 radical (unpaired) electrons. The van der Waals surface area contributed by atoms with E-state index >= 15 is 0 Å². The van der Waals surface area contributed by atoms with E-state index in [0.717, 1.165) is 66.5 Å². The van der Waals surface area contributed by atoms with Gasteiger partial charge in [0.05, 0.1) is 18.4 Å². The molecule has 0 aliphatic carbocycles. The molecule has 9 heteroatoms. The minimum Gasteiger partial charge on any atom is -0.497 e. The Morgan fingerprint density at radius 3 is 2.35 bits per heavy atom. The van der Waals surface area contributed by atoms with Gasteiger partial charge in [-0.05, 0) is 55.7 Å². The molecule has 178 valence electrons. The SMILES string of the molecule is CCc1cnc(N2CCC(Oc3ncnc(O/N=C(/C)c4ccc(OC)cc4)c3C)CC2)nc1. The molecule has 0 atom stereocenters. The Hall–Kier alpha value is -3.75. The summed E-state index contributed by atoms with van der Waals surface area (Å²) in [6.07, 6.45) is 7.93. The molecule has 0 saturated carbocycles. The number of hydrogen-bond donors (Lipinski definition) is 0. The second-order valence-electron chi connectivity index (χ2n) is 8.15. The van der Waals surface area contributed by atoms with Crippen LogP contribution >= 0.6 is 0 Å². The molecule has 1 aliphatic rings. The molecule has 1 saturated heterocycles. The van der Waals surface area contributed by atoms with Gasteiger partial charge in [0, 0.05) is 38.3 Å². The summed E-state index contributed by atoms with van der Waals surface area (Å²) in [5, 5.41) is 4.23. The first-order valence-electron chi connectivity index (χ1n) is 11.5. The topological polar surface area (TPSA) is 94.9 Å². The van der Waals surface area contributed by atoms with Gasteiger partial charge in [0.15, 0.2) is 0 Å². The molecule has 1 fully saturated rings. The lowest BCUT2D eigenvalue weighted by molar-refractivity contribution is 0.160. The number of anilines is 1. The Labute approximate surface area is 199 Å². The maximum atomic E-state index is 6.20. The van der Waals surface area contributed by atoms with E-state index in [1.807, 2.05) is 50.5 Å². The summed E-state index contributed by atoms with van der Waals surface area (Å²) in [6.45, 7) is 7.51. The van der Waals surface area contributed by atoms with Crippen molar-refractivity contribution in [1.29, 1.82) is 0 Å². The maximum absolute atomic E-state index is 6.20. The maximum Gasteiger partial charge on any atom is 0.258 e. The van der Waals surface area contributed by atoms with Gasteiger partial charge in [0.1, 0.15) is 18.2 Å². The third kappa shape index (κ3) is 5.59. The predicted molar refractivity (Wildman–Crippen MR) is 130 cm³/mol. The van der Waals surface area contributed by atoms with Gasteiger partial charge in [-0.15, -0.1) is 0 Å². The first-order valence-corrected chi connectivity index (χ1v) is 11.5. The highest BCUT2D eigenvalue weighted by molar-refractivity contribution is 5.98. The van der Waals surface area contributed by atoms with E-state index in [1.165, 1.54) is 6.33 Å². The van der Waals surface area contributed by atoms with Gasteiger partial charge in [-0.1, -0.05) is 12.1 Å². The van der Waals surface area contributed by atoms with Crippen LogP contribution in [0.3, 0.4) is 0 Å². The molecule has 0 amide bonds. The lowest BCUT2D eigenvalue weighted by Crippen LogP contribution is -2.39. The van der Waals surface area contributed by atoms with Crippen molar-refractivity contribution in [3.63, 3.8) is 0 Å². The fourth-order valence-corrected chi connectivity index (χ4v) is 3.65. The van der Waals surface area contributed by atoms with Gasteiger partial charge >= 0.3 is 0 Å². The number of oxime groups is 1. The highest BCUT2D eigenvalue weighted by atomic mass is 16.6. The zero-order chi connectivity index (χ0) is 23.9. The zero-order valence-corrected chi connectivity index (χ0v) is 20.1. The van der Waals surface area contributed by atoms with Crippen molar-refractivity contribution >= 4 is 11.7 Å². The van der Waals surface area contributed by atoms with Crippen molar-refractivity contribution in [2.45, 2.75) is 46.1 Å². The molecule has 0 N–H and O–H groups in total. The van der Waals surface area contributed by atoms with Crippen LogP contribution < -0.4 is 19.2 Å². The van der Waals surface area contributed by atoms with Crippen LogP contribution in [-0.4, -0.2) is 52.0 Å². The summed E-state index contributed by atoms with van der Waals surface area (Å²) >= 11 is 0. The van der Waals surface area contributed by atoms with E-state index in [2.05, 4.69) is 36.9 Å². The van der Waals surface area contributed by atoms with Crippen molar-refractivity contribution in [3.05, 3.63) is 59.7 Å². The van der Waals surface area contributed by atoms with E-state index in [-0.39, 0.29) is 6.10 Å². The van der Waals surface area contributed by atoms with Gasteiger partial charge in [-0.3, -0.25) is 0 Å². The highest BCUT2D eigenvalue weighted by Gasteiger charge is 2.24. The largest absolute Gasteiger partial charge is 0.497 e. The van der Waals surface area contributed by atoms with Crippen LogP contribution in [0.25, 0.3) is 0 Å². The number of rotatable bonds is 8. The van der Waals surface area contributed by atoms with Crippen LogP contribution in [-0.2, 0) is 6.42 Å². The minimum atomic E-state index is 0.0529.